The number of imide groups is 1. The molecule has 3 aromatic carbocycles. The van der Waals surface area contributed by atoms with E-state index in [4.69, 9.17) is 5.73 Å². The van der Waals surface area contributed by atoms with Crippen molar-refractivity contribution in [3.63, 3.8) is 0 Å². The van der Waals surface area contributed by atoms with Crippen LogP contribution in [0, 0.1) is 11.8 Å². The first-order valence-electron chi connectivity index (χ1n) is 15.1. The van der Waals surface area contributed by atoms with Crippen molar-refractivity contribution in [2.75, 3.05) is 11.4 Å². The number of carbonyl (C=O) groups excluding carboxylic acids is 3. The van der Waals surface area contributed by atoms with Gasteiger partial charge in [-0.1, -0.05) is 98.8 Å². The number of aryl methyl sites for hydroxylation is 2. The predicted molar refractivity (Wildman–Crippen MR) is 170 cm³/mol. The monoisotopic (exact) mass is 594 g/mol. The molecule has 5 rings (SSSR count). The molecule has 0 spiro atoms. The largest absolute Gasteiger partial charge is 0.480 e. The van der Waals surface area contributed by atoms with Gasteiger partial charge in [0.2, 0.25) is 11.8 Å². The molecule has 0 aliphatic carbocycles. The third kappa shape index (κ3) is 5.63. The lowest BCUT2D eigenvalue weighted by Crippen LogP contribution is -2.56. The van der Waals surface area contributed by atoms with E-state index in [1.165, 1.54) is 4.90 Å². The molecule has 3 aromatic rings. The molecule has 0 bridgehead atoms. The first-order valence-corrected chi connectivity index (χ1v) is 15.1. The van der Waals surface area contributed by atoms with E-state index < -0.39 is 47.2 Å². The highest BCUT2D eigenvalue weighted by atomic mass is 16.4. The molecule has 9 heteroatoms. The second-order valence-electron chi connectivity index (χ2n) is 11.4. The number of carboxylic acid groups (broad SMARTS) is 1. The number of anilines is 1. The number of fused-ring (bicyclic) bond motifs is 1. The van der Waals surface area contributed by atoms with Gasteiger partial charge in [-0.3, -0.25) is 19.7 Å². The van der Waals surface area contributed by atoms with Crippen molar-refractivity contribution in [2.24, 2.45) is 17.6 Å². The number of nitrogens with one attached hydrogen (secondary N) is 2. The summed E-state index contributed by atoms with van der Waals surface area (Å²) in [5.74, 6) is -4.20. The van der Waals surface area contributed by atoms with E-state index >= 15 is 0 Å². The highest BCUT2D eigenvalue weighted by molar-refractivity contribution is 6.25. The van der Waals surface area contributed by atoms with Crippen LogP contribution in [0.4, 0.5) is 10.5 Å². The van der Waals surface area contributed by atoms with Crippen molar-refractivity contribution < 1.29 is 24.3 Å². The Morgan fingerprint density at radius 1 is 0.909 bits per heavy atom. The summed E-state index contributed by atoms with van der Waals surface area (Å²) in [4.78, 5) is 54.3. The van der Waals surface area contributed by atoms with Gasteiger partial charge in [-0.05, 0) is 53.5 Å². The lowest BCUT2D eigenvalue weighted by Gasteiger charge is -2.32. The van der Waals surface area contributed by atoms with Crippen LogP contribution in [-0.2, 0) is 27.2 Å². The van der Waals surface area contributed by atoms with E-state index in [0.717, 1.165) is 27.8 Å². The summed E-state index contributed by atoms with van der Waals surface area (Å²) in [6.07, 6.45) is 5.46. The summed E-state index contributed by atoms with van der Waals surface area (Å²) in [6, 6.07) is 21.8. The SMILES string of the molecule is CCc1cccc(CC)c1N1C(=O)C2C(c3ccc(C=Cc4ccccc4)cc3)NC(CCCNC(N)=O)(C(=O)O)C2C1=O. The van der Waals surface area contributed by atoms with Crippen LogP contribution in [0.2, 0.25) is 0 Å². The number of urea groups is 1. The Morgan fingerprint density at radius 2 is 1.52 bits per heavy atom. The maximum atomic E-state index is 14.4. The third-order valence-electron chi connectivity index (χ3n) is 8.83. The zero-order valence-corrected chi connectivity index (χ0v) is 25.0. The van der Waals surface area contributed by atoms with E-state index in [1.807, 2.05) is 98.8 Å². The molecule has 228 valence electrons. The topological polar surface area (TPSA) is 142 Å². The molecule has 2 aliphatic heterocycles. The van der Waals surface area contributed by atoms with Gasteiger partial charge in [0.15, 0.2) is 0 Å². The van der Waals surface area contributed by atoms with Gasteiger partial charge in [0.05, 0.1) is 17.5 Å². The number of rotatable bonds is 11. The van der Waals surface area contributed by atoms with Crippen molar-refractivity contribution in [3.05, 3.63) is 101 Å². The maximum Gasteiger partial charge on any atom is 0.324 e. The van der Waals surface area contributed by atoms with Crippen LogP contribution >= 0.6 is 0 Å². The second kappa shape index (κ2) is 12.9. The highest BCUT2D eigenvalue weighted by Crippen LogP contribution is 2.52. The zero-order chi connectivity index (χ0) is 31.4. The van der Waals surface area contributed by atoms with Crippen LogP contribution < -0.4 is 21.3 Å². The van der Waals surface area contributed by atoms with Gasteiger partial charge in [0.25, 0.3) is 0 Å². The first kappa shape index (κ1) is 30.7. The number of amides is 4. The fourth-order valence-electron chi connectivity index (χ4n) is 6.69. The molecule has 4 unspecified atom stereocenters. The van der Waals surface area contributed by atoms with Crippen LogP contribution in [0.3, 0.4) is 0 Å². The summed E-state index contributed by atoms with van der Waals surface area (Å²) >= 11 is 0. The van der Waals surface area contributed by atoms with Crippen LogP contribution in [0.5, 0.6) is 0 Å². The van der Waals surface area contributed by atoms with Crippen LogP contribution in [0.25, 0.3) is 12.2 Å². The highest BCUT2D eigenvalue weighted by Gasteiger charge is 2.68. The molecule has 2 heterocycles. The molecule has 2 aliphatic rings. The number of primary amides is 1. The summed E-state index contributed by atoms with van der Waals surface area (Å²) in [7, 11) is 0. The molecule has 9 nitrogen and oxygen atoms in total. The lowest BCUT2D eigenvalue weighted by atomic mass is 9.77. The van der Waals surface area contributed by atoms with E-state index in [0.29, 0.717) is 18.5 Å². The van der Waals surface area contributed by atoms with Crippen LogP contribution in [0.15, 0.2) is 72.8 Å². The van der Waals surface area contributed by atoms with Crippen LogP contribution in [0.1, 0.15) is 60.5 Å². The zero-order valence-electron chi connectivity index (χ0n) is 25.0. The molecule has 0 radical (unpaired) electrons. The van der Waals surface area contributed by atoms with Crippen molar-refractivity contribution in [2.45, 2.75) is 51.1 Å². The van der Waals surface area contributed by atoms with Crippen molar-refractivity contribution >= 4 is 41.7 Å². The summed E-state index contributed by atoms with van der Waals surface area (Å²) in [5.41, 5.74) is 8.49. The summed E-state index contributed by atoms with van der Waals surface area (Å²) < 4.78 is 0. The van der Waals surface area contributed by atoms with E-state index in [1.54, 1.807) is 0 Å². The third-order valence-corrected chi connectivity index (χ3v) is 8.83. The first-order chi connectivity index (χ1) is 21.2. The number of hydrogen-bond donors (Lipinski definition) is 4. The van der Waals surface area contributed by atoms with Gasteiger partial charge in [-0.15, -0.1) is 0 Å². The molecule has 2 fully saturated rings. The lowest BCUT2D eigenvalue weighted by molar-refractivity contribution is -0.149. The fraction of sp³-hybridized carbons (Fsp3) is 0.314. The number of benzene rings is 3. The van der Waals surface area contributed by atoms with Gasteiger partial charge in [-0.25, -0.2) is 9.69 Å². The second-order valence-corrected chi connectivity index (χ2v) is 11.4. The minimum atomic E-state index is -1.73. The number of para-hydroxylation sites is 1. The van der Waals surface area contributed by atoms with Crippen LogP contribution in [-0.4, -0.2) is 41.0 Å². The average molecular weight is 595 g/mol. The van der Waals surface area contributed by atoms with Crippen molar-refractivity contribution in [3.8, 4) is 0 Å². The number of hydrogen-bond acceptors (Lipinski definition) is 5. The summed E-state index contributed by atoms with van der Waals surface area (Å²) in [6.45, 7) is 4.08. The molecule has 4 atom stereocenters. The minimum Gasteiger partial charge on any atom is -0.480 e. The molecule has 2 saturated heterocycles. The van der Waals surface area contributed by atoms with Gasteiger partial charge in [0.1, 0.15) is 5.54 Å². The molecule has 44 heavy (non-hydrogen) atoms. The Balaban J connectivity index is 1.55. The van der Waals surface area contributed by atoms with Gasteiger partial charge < -0.3 is 16.2 Å². The Kier molecular flexibility index (Phi) is 8.96. The van der Waals surface area contributed by atoms with Crippen molar-refractivity contribution in [1.82, 2.24) is 10.6 Å². The summed E-state index contributed by atoms with van der Waals surface area (Å²) in [5, 5.41) is 16.4. The molecule has 0 aromatic heterocycles. The van der Waals surface area contributed by atoms with Crippen molar-refractivity contribution in [1.29, 1.82) is 0 Å². The Bertz CT molecular complexity index is 1560. The Hall–Kier alpha value is -4.76. The Labute approximate surface area is 257 Å². The molecule has 0 saturated carbocycles. The Morgan fingerprint density at radius 3 is 2.09 bits per heavy atom. The number of nitrogens with two attached hydrogens (primary N) is 1. The predicted octanol–water partition coefficient (Wildman–Crippen LogP) is 4.70. The standard InChI is InChI=1S/C35H38N4O5/c1-3-24-12-8-13-25(4-2)30(24)39-31(40)27-28(32(39)41)35(33(42)43,20-9-21-37-34(36)44)38-29(27)26-18-16-23(17-19-26)15-14-22-10-6-5-7-11-22/h5-8,10-19,27-29,38H,3-4,9,20-21H2,1-2H3,(H,42,43)(H3,36,37,44). The maximum absolute atomic E-state index is 14.4. The van der Waals surface area contributed by atoms with E-state index in [-0.39, 0.29) is 19.4 Å². The minimum absolute atomic E-state index is 0.0150. The van der Waals surface area contributed by atoms with Gasteiger partial charge >= 0.3 is 12.0 Å². The quantitative estimate of drug-likeness (QED) is 0.144. The van der Waals surface area contributed by atoms with E-state index in [9.17, 15) is 24.3 Å². The van der Waals surface area contributed by atoms with Gasteiger partial charge in [-0.2, -0.15) is 0 Å². The smallest absolute Gasteiger partial charge is 0.324 e. The number of carbonyl (C=O) groups is 4. The molecule has 4 amide bonds. The molecular weight excluding hydrogens is 556 g/mol. The number of nitrogens with zero attached hydrogens (tertiary/aromatic N) is 1. The number of carboxylic acids is 1. The molecular formula is C35H38N4O5. The fourth-order valence-corrected chi connectivity index (χ4v) is 6.69. The molecule has 5 N–H and O–H groups in total. The number of aliphatic carboxylic acids is 1. The average Bonchev–Trinajstić information content (AvgIpc) is 3.51. The van der Waals surface area contributed by atoms with E-state index in [2.05, 4.69) is 10.6 Å². The van der Waals surface area contributed by atoms with Gasteiger partial charge in [0, 0.05) is 12.6 Å². The normalized spacial score (nSPS) is 22.9.